The number of hydrogen-bond donors (Lipinski definition) is 0. The lowest BCUT2D eigenvalue weighted by atomic mass is 9.69. The molecule has 0 atom stereocenters. The first kappa shape index (κ1) is 19.9. The van der Waals surface area contributed by atoms with Crippen molar-refractivity contribution < 1.29 is 27.1 Å². The summed E-state index contributed by atoms with van der Waals surface area (Å²) in [5.41, 5.74) is -1.28. The van der Waals surface area contributed by atoms with Crippen molar-refractivity contribution in [3.63, 3.8) is 0 Å². The molecular formula is C15H24BF3NO3-. The van der Waals surface area contributed by atoms with E-state index >= 15 is 0 Å². The molecule has 0 N–H and O–H groups in total. The Morgan fingerprint density at radius 2 is 1.35 bits per heavy atom. The minimum Gasteiger partial charge on any atom is -0.538 e. The van der Waals surface area contributed by atoms with Crippen LogP contribution in [-0.4, -0.2) is 30.1 Å². The van der Waals surface area contributed by atoms with Gasteiger partial charge in [0.15, 0.2) is 0 Å². The first-order valence-electron chi connectivity index (χ1n) is 7.67. The third kappa shape index (κ3) is 5.47. The van der Waals surface area contributed by atoms with Gasteiger partial charge in [0.25, 0.3) is 0 Å². The van der Waals surface area contributed by atoms with E-state index in [2.05, 4.69) is 4.98 Å². The fourth-order valence-corrected chi connectivity index (χ4v) is 2.30. The molecule has 0 aromatic carbocycles. The molecule has 1 rings (SSSR count). The van der Waals surface area contributed by atoms with Gasteiger partial charge in [-0.25, -0.2) is 0 Å². The van der Waals surface area contributed by atoms with Crippen LogP contribution in [0, 0.1) is 0 Å². The Kier molecular flexibility index (Phi) is 6.62. The van der Waals surface area contributed by atoms with Crippen LogP contribution in [0.15, 0.2) is 18.3 Å². The Labute approximate surface area is 135 Å². The molecule has 0 aliphatic rings. The summed E-state index contributed by atoms with van der Waals surface area (Å²) in [4.78, 5) is 3.91. The molecule has 0 amide bonds. The first-order valence-corrected chi connectivity index (χ1v) is 7.67. The minimum absolute atomic E-state index is 0.365. The number of alkyl halides is 3. The largest absolute Gasteiger partial charge is 0.538 e. The van der Waals surface area contributed by atoms with Gasteiger partial charge in [-0.05, 0) is 59.3 Å². The molecule has 0 bridgehead atoms. The van der Waals surface area contributed by atoms with Gasteiger partial charge in [0.1, 0.15) is 0 Å². The second-order valence-electron chi connectivity index (χ2n) is 6.13. The summed E-state index contributed by atoms with van der Waals surface area (Å²) in [6.07, 6.45) is -4.53. The van der Waals surface area contributed by atoms with Crippen LogP contribution in [0.1, 0.15) is 47.1 Å². The molecular weight excluding hydrogens is 310 g/mol. The van der Waals surface area contributed by atoms with Crippen molar-refractivity contribution in [3.8, 4) is 0 Å². The maximum atomic E-state index is 13.4. The van der Waals surface area contributed by atoms with Gasteiger partial charge in [-0.2, -0.15) is 13.2 Å². The average Bonchev–Trinajstić information content (AvgIpc) is 2.35. The van der Waals surface area contributed by atoms with Crippen molar-refractivity contribution in [1.29, 1.82) is 0 Å². The summed E-state index contributed by atoms with van der Waals surface area (Å²) in [6.45, 7) is 7.41. The summed E-state index contributed by atoms with van der Waals surface area (Å²) in [7, 11) is 0. The van der Waals surface area contributed by atoms with Crippen LogP contribution in [-0.2, 0) is 20.1 Å². The van der Waals surface area contributed by atoms with Gasteiger partial charge < -0.3 is 14.0 Å². The summed E-state index contributed by atoms with van der Waals surface area (Å²) >= 11 is 0. The highest BCUT2D eigenvalue weighted by Gasteiger charge is 2.44. The van der Waals surface area contributed by atoms with Gasteiger partial charge >= 0.3 is 12.9 Å². The highest BCUT2D eigenvalue weighted by atomic mass is 19.4. The summed E-state index contributed by atoms with van der Waals surface area (Å²) in [5.74, 6) is 0. The van der Waals surface area contributed by atoms with Gasteiger partial charge in [-0.15, -0.1) is 0 Å². The van der Waals surface area contributed by atoms with Crippen LogP contribution in [0.25, 0.3) is 0 Å². The SMILES string of the molecule is CC(C)O[B-](OC(C)C)(OC(C)C)c1ncccc1C(F)(F)F. The van der Waals surface area contributed by atoms with E-state index in [1.165, 1.54) is 12.3 Å². The molecule has 4 nitrogen and oxygen atoms in total. The predicted octanol–water partition coefficient (Wildman–Crippen LogP) is 3.52. The fourth-order valence-electron chi connectivity index (χ4n) is 2.30. The number of rotatable bonds is 7. The first-order chi connectivity index (χ1) is 10.5. The molecule has 1 aromatic rings. The summed E-state index contributed by atoms with van der Waals surface area (Å²) in [6, 6.07) is 2.18. The number of pyridine rings is 1. The van der Waals surface area contributed by atoms with Crippen molar-refractivity contribution in [2.45, 2.75) is 66.0 Å². The second kappa shape index (κ2) is 7.64. The van der Waals surface area contributed by atoms with Gasteiger partial charge in [0.05, 0.1) is 0 Å². The molecule has 0 radical (unpaired) electrons. The zero-order valence-corrected chi connectivity index (χ0v) is 14.3. The quantitative estimate of drug-likeness (QED) is 0.716. The molecule has 1 heterocycles. The Morgan fingerprint density at radius 3 is 1.70 bits per heavy atom. The number of aromatic nitrogens is 1. The minimum atomic E-state index is -4.59. The van der Waals surface area contributed by atoms with E-state index in [0.29, 0.717) is 0 Å². The van der Waals surface area contributed by atoms with Gasteiger partial charge in [0, 0.05) is 30.1 Å². The lowest BCUT2D eigenvalue weighted by Gasteiger charge is -2.46. The number of nitrogens with zero attached hydrogens (tertiary/aromatic N) is 1. The molecule has 8 heteroatoms. The van der Waals surface area contributed by atoms with Crippen molar-refractivity contribution >= 4 is 12.3 Å². The molecule has 0 fully saturated rings. The standard InChI is InChI=1S/C15H24BF3NO3/c1-10(2)21-16(22-11(3)4,23-12(5)6)14-13(15(17,18)19)8-7-9-20-14/h7-12H,1-6H3/q-1. The maximum absolute atomic E-state index is 13.4. The van der Waals surface area contributed by atoms with Crippen molar-refractivity contribution in [1.82, 2.24) is 4.98 Å². The van der Waals surface area contributed by atoms with Crippen LogP contribution in [0.2, 0.25) is 0 Å². The second-order valence-corrected chi connectivity index (χ2v) is 6.13. The summed E-state index contributed by atoms with van der Waals surface area (Å²) < 4.78 is 57.4. The van der Waals surface area contributed by atoms with E-state index in [-0.39, 0.29) is 5.59 Å². The molecule has 0 unspecified atom stereocenters. The predicted molar refractivity (Wildman–Crippen MR) is 83.3 cm³/mol. The van der Waals surface area contributed by atoms with E-state index in [1.54, 1.807) is 41.5 Å². The Hall–Kier alpha value is -1.12. The smallest absolute Gasteiger partial charge is 0.428 e. The van der Waals surface area contributed by atoms with Crippen LogP contribution < -0.4 is 5.59 Å². The number of halogens is 3. The van der Waals surface area contributed by atoms with E-state index in [9.17, 15) is 13.2 Å². The monoisotopic (exact) mass is 334 g/mol. The highest BCUT2D eigenvalue weighted by molar-refractivity contribution is 6.75. The third-order valence-corrected chi connectivity index (χ3v) is 2.83. The summed E-state index contributed by atoms with van der Waals surface area (Å²) in [5, 5.41) is 0. The molecule has 132 valence electrons. The topological polar surface area (TPSA) is 40.6 Å². The maximum Gasteiger partial charge on any atom is 0.428 e. The zero-order chi connectivity index (χ0) is 17.8. The Balaban J connectivity index is 3.54. The van der Waals surface area contributed by atoms with Crippen molar-refractivity contribution in [2.24, 2.45) is 0 Å². The van der Waals surface area contributed by atoms with Gasteiger partial charge in [-0.1, -0.05) is 0 Å². The molecule has 1 aromatic heterocycles. The van der Waals surface area contributed by atoms with E-state index in [1.807, 2.05) is 0 Å². The molecule has 0 aliphatic heterocycles. The van der Waals surface area contributed by atoms with E-state index in [0.717, 1.165) is 6.07 Å². The van der Waals surface area contributed by atoms with Crippen LogP contribution in [0.3, 0.4) is 0 Å². The molecule has 23 heavy (non-hydrogen) atoms. The van der Waals surface area contributed by atoms with Crippen molar-refractivity contribution in [3.05, 3.63) is 23.9 Å². The average molecular weight is 334 g/mol. The lowest BCUT2D eigenvalue weighted by Crippen LogP contribution is -2.62. The zero-order valence-electron chi connectivity index (χ0n) is 14.3. The van der Waals surface area contributed by atoms with Gasteiger partial charge in [-0.3, -0.25) is 4.98 Å². The van der Waals surface area contributed by atoms with E-state index in [4.69, 9.17) is 14.0 Å². The van der Waals surface area contributed by atoms with Crippen LogP contribution in [0.5, 0.6) is 0 Å². The lowest BCUT2D eigenvalue weighted by molar-refractivity contribution is -0.137. The molecule has 0 aliphatic carbocycles. The molecule has 0 saturated heterocycles. The van der Waals surface area contributed by atoms with E-state index < -0.39 is 36.8 Å². The fraction of sp³-hybridized carbons (Fsp3) is 0.667. The third-order valence-electron chi connectivity index (χ3n) is 2.83. The van der Waals surface area contributed by atoms with Gasteiger partial charge in [0.2, 0.25) is 0 Å². The Bertz CT molecular complexity index is 480. The van der Waals surface area contributed by atoms with Crippen molar-refractivity contribution in [2.75, 3.05) is 0 Å². The number of hydrogen-bond acceptors (Lipinski definition) is 4. The molecule has 0 spiro atoms. The Morgan fingerprint density at radius 1 is 0.913 bits per heavy atom. The van der Waals surface area contributed by atoms with Crippen LogP contribution >= 0.6 is 0 Å². The highest BCUT2D eigenvalue weighted by Crippen LogP contribution is 2.30. The van der Waals surface area contributed by atoms with Crippen LogP contribution in [0.4, 0.5) is 13.2 Å². The molecule has 0 saturated carbocycles. The normalized spacial score (nSPS) is 13.4.